The number of rotatable bonds is 2. The monoisotopic (exact) mass is 329 g/mol. The summed E-state index contributed by atoms with van der Waals surface area (Å²) in [6.07, 6.45) is 10.6. The molecular formula is C24H27N. The quantitative estimate of drug-likeness (QED) is 0.613. The Morgan fingerprint density at radius 3 is 2.64 bits per heavy atom. The predicted octanol–water partition coefficient (Wildman–Crippen LogP) is 6.49. The first-order valence-electron chi connectivity index (χ1n) is 10.1. The molecule has 5 rings (SSSR count). The second kappa shape index (κ2) is 5.56. The SMILES string of the molecule is CCC1c2ccccc2-c2ccc3c(n2)C1(C)C(C1CCCCC1)=C3. The van der Waals surface area contributed by atoms with Gasteiger partial charge in [-0.3, -0.25) is 4.98 Å². The van der Waals surface area contributed by atoms with Crippen LogP contribution in [0.4, 0.5) is 0 Å². The van der Waals surface area contributed by atoms with Gasteiger partial charge in [-0.05, 0) is 55.2 Å². The summed E-state index contributed by atoms with van der Waals surface area (Å²) in [4.78, 5) is 5.22. The van der Waals surface area contributed by atoms with Crippen LogP contribution >= 0.6 is 0 Å². The fourth-order valence-corrected chi connectivity index (χ4v) is 5.90. The van der Waals surface area contributed by atoms with Crippen LogP contribution in [0.5, 0.6) is 0 Å². The van der Waals surface area contributed by atoms with E-state index in [4.69, 9.17) is 4.98 Å². The largest absolute Gasteiger partial charge is 0.251 e. The highest BCUT2D eigenvalue weighted by atomic mass is 14.8. The Kier molecular flexibility index (Phi) is 3.42. The highest BCUT2D eigenvalue weighted by Gasteiger charge is 2.49. The minimum atomic E-state index is 0.0642. The summed E-state index contributed by atoms with van der Waals surface area (Å²) >= 11 is 0. The molecule has 3 aliphatic rings. The number of fused-ring (bicyclic) bond motifs is 3. The molecule has 1 nitrogen and oxygen atoms in total. The van der Waals surface area contributed by atoms with Gasteiger partial charge in [-0.2, -0.15) is 0 Å². The third-order valence-corrected chi connectivity index (χ3v) is 7.09. The van der Waals surface area contributed by atoms with E-state index in [-0.39, 0.29) is 5.41 Å². The van der Waals surface area contributed by atoms with Gasteiger partial charge >= 0.3 is 0 Å². The second-order valence-corrected chi connectivity index (χ2v) is 8.32. The molecule has 1 aromatic carbocycles. The van der Waals surface area contributed by atoms with Gasteiger partial charge in [0.15, 0.2) is 0 Å². The zero-order chi connectivity index (χ0) is 17.0. The van der Waals surface area contributed by atoms with Gasteiger partial charge in [0.2, 0.25) is 0 Å². The maximum absolute atomic E-state index is 5.22. The van der Waals surface area contributed by atoms with Crippen LogP contribution in [0.2, 0.25) is 0 Å². The molecular weight excluding hydrogens is 302 g/mol. The zero-order valence-corrected chi connectivity index (χ0v) is 15.4. The molecule has 2 aromatic rings. The maximum atomic E-state index is 5.22. The highest BCUT2D eigenvalue weighted by molar-refractivity contribution is 5.76. The highest BCUT2D eigenvalue weighted by Crippen LogP contribution is 2.57. The Morgan fingerprint density at radius 1 is 1.04 bits per heavy atom. The van der Waals surface area contributed by atoms with Crippen molar-refractivity contribution < 1.29 is 0 Å². The van der Waals surface area contributed by atoms with Crippen LogP contribution in [0.15, 0.2) is 42.0 Å². The van der Waals surface area contributed by atoms with Crippen molar-refractivity contribution in [2.45, 2.75) is 63.7 Å². The van der Waals surface area contributed by atoms with Crippen LogP contribution in [0.3, 0.4) is 0 Å². The zero-order valence-electron chi connectivity index (χ0n) is 15.4. The molecule has 2 atom stereocenters. The van der Waals surface area contributed by atoms with E-state index in [0.29, 0.717) is 5.92 Å². The fraction of sp³-hybridized carbons (Fsp3) is 0.458. The van der Waals surface area contributed by atoms with Crippen molar-refractivity contribution in [3.63, 3.8) is 0 Å². The summed E-state index contributed by atoms with van der Waals surface area (Å²) in [7, 11) is 0. The second-order valence-electron chi connectivity index (χ2n) is 8.32. The van der Waals surface area contributed by atoms with Crippen molar-refractivity contribution in [1.82, 2.24) is 4.98 Å². The van der Waals surface area contributed by atoms with Gasteiger partial charge < -0.3 is 0 Å². The number of pyridine rings is 1. The molecule has 2 unspecified atom stereocenters. The number of hydrogen-bond acceptors (Lipinski definition) is 1. The lowest BCUT2D eigenvalue weighted by atomic mass is 9.62. The molecule has 0 amide bonds. The Bertz CT molecular complexity index is 856. The van der Waals surface area contributed by atoms with Crippen molar-refractivity contribution in [3.05, 3.63) is 58.8 Å². The van der Waals surface area contributed by atoms with E-state index < -0.39 is 0 Å². The first-order valence-corrected chi connectivity index (χ1v) is 10.1. The van der Waals surface area contributed by atoms with Gasteiger partial charge in [0, 0.05) is 11.0 Å². The van der Waals surface area contributed by atoms with Crippen LogP contribution in [0, 0.1) is 5.92 Å². The Balaban J connectivity index is 1.75. The van der Waals surface area contributed by atoms with E-state index in [2.05, 4.69) is 56.3 Å². The third kappa shape index (κ3) is 2.05. The number of allylic oxidation sites excluding steroid dienone is 1. The lowest BCUT2D eigenvalue weighted by molar-refractivity contribution is 0.330. The summed E-state index contributed by atoms with van der Waals surface area (Å²) in [6, 6.07) is 13.5. The lowest BCUT2D eigenvalue weighted by Gasteiger charge is -2.40. The molecule has 1 saturated carbocycles. The van der Waals surface area contributed by atoms with Gasteiger partial charge in [0.25, 0.3) is 0 Å². The number of benzene rings is 1. The molecule has 1 aliphatic heterocycles. The summed E-state index contributed by atoms with van der Waals surface area (Å²) in [5, 5.41) is 0. The van der Waals surface area contributed by atoms with Crippen LogP contribution < -0.4 is 0 Å². The summed E-state index contributed by atoms with van der Waals surface area (Å²) < 4.78 is 0. The fourth-order valence-electron chi connectivity index (χ4n) is 5.90. The first kappa shape index (κ1) is 15.4. The van der Waals surface area contributed by atoms with Crippen LogP contribution in [0.25, 0.3) is 17.3 Å². The van der Waals surface area contributed by atoms with Gasteiger partial charge in [-0.15, -0.1) is 0 Å². The van der Waals surface area contributed by atoms with Crippen LogP contribution in [-0.4, -0.2) is 4.98 Å². The predicted molar refractivity (Wildman–Crippen MR) is 105 cm³/mol. The standard InChI is InChI=1S/C24H27N/c1-3-20-18-11-7-8-12-19(18)22-14-13-17-15-21(16-9-5-4-6-10-16)24(20,2)23(17)25-22/h7-8,11-16,20H,3-6,9-10H2,1-2H3. The van der Waals surface area contributed by atoms with Crippen molar-refractivity contribution in [2.75, 3.05) is 0 Å². The van der Waals surface area contributed by atoms with Crippen molar-refractivity contribution in [3.8, 4) is 11.3 Å². The molecule has 1 fully saturated rings. The Labute approximate surface area is 151 Å². The van der Waals surface area contributed by atoms with E-state index in [0.717, 1.165) is 18.0 Å². The molecule has 25 heavy (non-hydrogen) atoms. The molecule has 2 bridgehead atoms. The van der Waals surface area contributed by atoms with Crippen molar-refractivity contribution in [2.24, 2.45) is 5.92 Å². The summed E-state index contributed by atoms with van der Waals surface area (Å²) in [5.41, 5.74) is 8.46. The average molecular weight is 329 g/mol. The lowest BCUT2D eigenvalue weighted by Crippen LogP contribution is -2.34. The van der Waals surface area contributed by atoms with Gasteiger partial charge in [0.05, 0.1) is 11.4 Å². The van der Waals surface area contributed by atoms with E-state index in [9.17, 15) is 0 Å². The third-order valence-electron chi connectivity index (χ3n) is 7.09. The van der Waals surface area contributed by atoms with E-state index in [1.54, 1.807) is 5.57 Å². The summed E-state index contributed by atoms with van der Waals surface area (Å²) in [6.45, 7) is 4.85. The molecule has 2 heterocycles. The summed E-state index contributed by atoms with van der Waals surface area (Å²) in [5.74, 6) is 1.27. The number of nitrogens with zero attached hydrogens (tertiary/aromatic N) is 1. The molecule has 1 aromatic heterocycles. The number of hydrogen-bond donors (Lipinski definition) is 0. The van der Waals surface area contributed by atoms with Crippen LogP contribution in [0.1, 0.15) is 75.1 Å². The molecule has 0 spiro atoms. The van der Waals surface area contributed by atoms with E-state index >= 15 is 0 Å². The Morgan fingerprint density at radius 2 is 1.84 bits per heavy atom. The van der Waals surface area contributed by atoms with E-state index in [1.165, 1.54) is 54.5 Å². The van der Waals surface area contributed by atoms with Crippen molar-refractivity contribution >= 4 is 6.08 Å². The first-order chi connectivity index (χ1) is 12.2. The molecule has 1 heteroatoms. The molecule has 0 radical (unpaired) electrons. The molecule has 0 N–H and O–H groups in total. The minimum Gasteiger partial charge on any atom is -0.251 e. The van der Waals surface area contributed by atoms with Gasteiger partial charge in [-0.1, -0.05) is 68.2 Å². The molecule has 128 valence electrons. The van der Waals surface area contributed by atoms with Gasteiger partial charge in [0.1, 0.15) is 0 Å². The normalized spacial score (nSPS) is 27.6. The van der Waals surface area contributed by atoms with Gasteiger partial charge in [-0.25, -0.2) is 0 Å². The molecule has 2 aliphatic carbocycles. The van der Waals surface area contributed by atoms with E-state index in [1.807, 2.05) is 0 Å². The molecule has 0 saturated heterocycles. The van der Waals surface area contributed by atoms with Crippen molar-refractivity contribution in [1.29, 1.82) is 0 Å². The smallest absolute Gasteiger partial charge is 0.0709 e. The topological polar surface area (TPSA) is 12.9 Å². The Hall–Kier alpha value is -1.89. The van der Waals surface area contributed by atoms with Crippen LogP contribution in [-0.2, 0) is 5.41 Å². The maximum Gasteiger partial charge on any atom is 0.0709 e. The minimum absolute atomic E-state index is 0.0642. The average Bonchev–Trinajstić information content (AvgIpc) is 2.92. The number of aromatic nitrogens is 1.